The third-order valence-electron chi connectivity index (χ3n) is 4.63. The molecule has 1 heterocycles. The van der Waals surface area contributed by atoms with Crippen LogP contribution in [0.4, 0.5) is 0 Å². The number of hydrogen-bond acceptors (Lipinski definition) is 2. The standard InChI is InChI=1S/C21H21NO2/c1-12-8-16(9-13(2)20(12)23)18-6-7-19(22(18)5)17-10-14(3)21(24)15(4)11-17/h6-11H,1-5H3. The second kappa shape index (κ2) is 5.75. The number of nitrogens with zero attached hydrogens (tertiary/aromatic N) is 1. The van der Waals surface area contributed by atoms with Gasteiger partial charge in [-0.25, -0.2) is 0 Å². The normalized spacial score (nSPS) is 18.4. The molecule has 0 atom stereocenters. The van der Waals surface area contributed by atoms with Crippen LogP contribution in [-0.4, -0.2) is 16.1 Å². The van der Waals surface area contributed by atoms with Crippen LogP contribution in [0.25, 0.3) is 11.1 Å². The third kappa shape index (κ3) is 2.56. The molecule has 0 N–H and O–H groups in total. The van der Waals surface area contributed by atoms with E-state index in [2.05, 4.69) is 16.7 Å². The maximum atomic E-state index is 11.9. The molecule has 1 aromatic rings. The molecule has 3 nitrogen and oxygen atoms in total. The zero-order valence-corrected chi connectivity index (χ0v) is 14.7. The lowest BCUT2D eigenvalue weighted by molar-refractivity contribution is -0.113. The van der Waals surface area contributed by atoms with Crippen molar-refractivity contribution >= 4 is 22.7 Å². The highest BCUT2D eigenvalue weighted by Gasteiger charge is 2.15. The monoisotopic (exact) mass is 319 g/mol. The van der Waals surface area contributed by atoms with Gasteiger partial charge in [-0.05, 0) is 97.6 Å². The largest absolute Gasteiger partial charge is 0.344 e. The molecule has 0 spiro atoms. The third-order valence-corrected chi connectivity index (χ3v) is 4.63. The highest BCUT2D eigenvalue weighted by molar-refractivity contribution is 6.12. The molecule has 24 heavy (non-hydrogen) atoms. The van der Waals surface area contributed by atoms with Crippen LogP contribution in [0.15, 0.2) is 58.7 Å². The van der Waals surface area contributed by atoms with Crippen LogP contribution in [0.1, 0.15) is 27.7 Å². The summed E-state index contributed by atoms with van der Waals surface area (Å²) >= 11 is 0. The number of rotatable bonds is 0. The quantitative estimate of drug-likeness (QED) is 0.736. The fourth-order valence-electron chi connectivity index (χ4n) is 3.29. The lowest BCUT2D eigenvalue weighted by Crippen LogP contribution is -2.27. The number of ketones is 2. The lowest BCUT2D eigenvalue weighted by atomic mass is 9.95. The fraction of sp³-hybridized carbons (Fsp3) is 0.238. The van der Waals surface area contributed by atoms with E-state index in [-0.39, 0.29) is 11.6 Å². The Balaban J connectivity index is 2.29. The van der Waals surface area contributed by atoms with Crippen molar-refractivity contribution in [1.82, 2.24) is 4.57 Å². The van der Waals surface area contributed by atoms with Crippen LogP contribution in [0.2, 0.25) is 0 Å². The van der Waals surface area contributed by atoms with Crippen LogP contribution >= 0.6 is 0 Å². The summed E-state index contributed by atoms with van der Waals surface area (Å²) < 4.78 is 2.11. The Morgan fingerprint density at radius 3 is 1.21 bits per heavy atom. The van der Waals surface area contributed by atoms with Gasteiger partial charge < -0.3 is 4.57 Å². The van der Waals surface area contributed by atoms with Crippen molar-refractivity contribution in [3.63, 3.8) is 0 Å². The number of hydrogen-bond donors (Lipinski definition) is 0. The van der Waals surface area contributed by atoms with E-state index in [0.717, 1.165) is 44.1 Å². The molecule has 0 aliphatic heterocycles. The average Bonchev–Trinajstić information content (AvgIpc) is 2.91. The number of aromatic nitrogens is 1. The van der Waals surface area contributed by atoms with Gasteiger partial charge in [0.2, 0.25) is 0 Å². The van der Waals surface area contributed by atoms with Gasteiger partial charge in [0.1, 0.15) is 0 Å². The van der Waals surface area contributed by atoms with Crippen molar-refractivity contribution in [3.05, 3.63) is 69.4 Å². The predicted molar refractivity (Wildman–Crippen MR) is 96.5 cm³/mol. The minimum Gasteiger partial charge on any atom is -0.344 e. The molecule has 0 bridgehead atoms. The van der Waals surface area contributed by atoms with Crippen LogP contribution in [0.3, 0.4) is 0 Å². The molecule has 3 rings (SSSR count). The molecule has 122 valence electrons. The summed E-state index contributed by atoms with van der Waals surface area (Å²) in [6.45, 7) is 7.40. The first-order valence-electron chi connectivity index (χ1n) is 8.02. The lowest BCUT2D eigenvalue weighted by Gasteiger charge is -2.11. The van der Waals surface area contributed by atoms with Gasteiger partial charge in [-0.3, -0.25) is 9.59 Å². The van der Waals surface area contributed by atoms with E-state index in [1.54, 1.807) is 0 Å². The van der Waals surface area contributed by atoms with Crippen LogP contribution in [0.5, 0.6) is 0 Å². The molecule has 1 aromatic heterocycles. The summed E-state index contributed by atoms with van der Waals surface area (Å²) in [6.07, 6.45) is 7.74. The Hall–Kier alpha value is -2.68. The average molecular weight is 319 g/mol. The van der Waals surface area contributed by atoms with Crippen LogP contribution in [0, 0.1) is 0 Å². The van der Waals surface area contributed by atoms with Crippen molar-refractivity contribution in [2.24, 2.45) is 7.05 Å². The summed E-state index contributed by atoms with van der Waals surface area (Å²) in [6, 6.07) is 4.12. The number of carbonyl (C=O) groups is 2. The fourth-order valence-corrected chi connectivity index (χ4v) is 3.29. The van der Waals surface area contributed by atoms with Crippen molar-refractivity contribution in [1.29, 1.82) is 0 Å². The van der Waals surface area contributed by atoms with Crippen LogP contribution in [-0.2, 0) is 16.6 Å². The Bertz CT molecular complexity index is 891. The first-order chi connectivity index (χ1) is 11.3. The van der Waals surface area contributed by atoms with Crippen LogP contribution < -0.4 is 10.7 Å². The summed E-state index contributed by atoms with van der Waals surface area (Å²) in [5.74, 6) is 0.205. The molecule has 0 aromatic carbocycles. The molecule has 0 unspecified atom stereocenters. The SMILES string of the molecule is CC1=CC(=c2ccc(=C3C=C(C)C(=O)C(C)=C3)n2C)C=C(C)C1=O. The van der Waals surface area contributed by atoms with Gasteiger partial charge in [0, 0.05) is 17.7 Å². The van der Waals surface area contributed by atoms with E-state index in [4.69, 9.17) is 0 Å². The van der Waals surface area contributed by atoms with E-state index < -0.39 is 0 Å². The van der Waals surface area contributed by atoms with Gasteiger partial charge in [0.05, 0.1) is 0 Å². The first kappa shape index (κ1) is 16.2. The van der Waals surface area contributed by atoms with Gasteiger partial charge in [0.15, 0.2) is 11.6 Å². The molecule has 0 amide bonds. The Morgan fingerprint density at radius 2 is 0.917 bits per heavy atom. The van der Waals surface area contributed by atoms with Gasteiger partial charge in [-0.1, -0.05) is 0 Å². The van der Waals surface area contributed by atoms with E-state index in [1.807, 2.05) is 59.0 Å². The number of allylic oxidation sites excluding steroid dienone is 8. The van der Waals surface area contributed by atoms with Crippen molar-refractivity contribution in [3.8, 4) is 0 Å². The zero-order chi connectivity index (χ0) is 17.6. The molecule has 2 aliphatic carbocycles. The highest BCUT2D eigenvalue weighted by atomic mass is 16.1. The van der Waals surface area contributed by atoms with E-state index in [0.29, 0.717) is 0 Å². The molecule has 0 radical (unpaired) electrons. The predicted octanol–water partition coefficient (Wildman–Crippen LogP) is 2.28. The minimum absolute atomic E-state index is 0.102. The van der Waals surface area contributed by atoms with Gasteiger partial charge in [-0.15, -0.1) is 0 Å². The first-order valence-corrected chi connectivity index (χ1v) is 8.02. The molecular formula is C21H21NO2. The van der Waals surface area contributed by atoms with Crippen molar-refractivity contribution in [2.75, 3.05) is 0 Å². The Morgan fingerprint density at radius 1 is 0.625 bits per heavy atom. The maximum Gasteiger partial charge on any atom is 0.184 e. The molecule has 0 saturated carbocycles. The smallest absolute Gasteiger partial charge is 0.184 e. The second-order valence-corrected chi connectivity index (χ2v) is 6.54. The molecule has 0 fully saturated rings. The summed E-state index contributed by atoms with van der Waals surface area (Å²) in [4.78, 5) is 23.9. The van der Waals surface area contributed by atoms with Gasteiger partial charge in [0.25, 0.3) is 0 Å². The maximum absolute atomic E-state index is 11.9. The van der Waals surface area contributed by atoms with E-state index in [1.165, 1.54) is 0 Å². The molecule has 0 saturated heterocycles. The van der Waals surface area contributed by atoms with E-state index in [9.17, 15) is 9.59 Å². The van der Waals surface area contributed by atoms with Gasteiger partial charge in [-0.2, -0.15) is 0 Å². The number of Topliss-reactive ketones (excluding diaryl/α,β-unsaturated/α-hetero) is 2. The molecule has 2 aliphatic rings. The highest BCUT2D eigenvalue weighted by Crippen LogP contribution is 2.19. The number of carbonyl (C=O) groups excluding carboxylic acids is 2. The van der Waals surface area contributed by atoms with Crippen molar-refractivity contribution in [2.45, 2.75) is 27.7 Å². The summed E-state index contributed by atoms with van der Waals surface area (Å²) in [5.41, 5.74) is 5.11. The summed E-state index contributed by atoms with van der Waals surface area (Å²) in [7, 11) is 2.01. The zero-order valence-electron chi connectivity index (χ0n) is 14.7. The Kier molecular flexibility index (Phi) is 3.88. The molecule has 3 heteroatoms. The molecular weight excluding hydrogens is 298 g/mol. The van der Waals surface area contributed by atoms with Crippen molar-refractivity contribution < 1.29 is 9.59 Å². The minimum atomic E-state index is 0.102. The Labute approximate surface area is 141 Å². The topological polar surface area (TPSA) is 39.1 Å². The second-order valence-electron chi connectivity index (χ2n) is 6.54. The van der Waals surface area contributed by atoms with E-state index >= 15 is 0 Å². The van der Waals surface area contributed by atoms with Gasteiger partial charge >= 0.3 is 0 Å². The summed E-state index contributed by atoms with van der Waals surface area (Å²) in [5, 5.41) is 2.11.